The van der Waals surface area contributed by atoms with Gasteiger partial charge in [0.25, 0.3) is 5.91 Å². The van der Waals surface area contributed by atoms with Crippen molar-refractivity contribution in [1.82, 2.24) is 15.5 Å². The van der Waals surface area contributed by atoms with Gasteiger partial charge < -0.3 is 15.5 Å². The van der Waals surface area contributed by atoms with Gasteiger partial charge in [-0.3, -0.25) is 14.4 Å². The molecular weight excluding hydrogens is 530 g/mol. The number of nitrogens with one attached hydrogen (secondary N) is 2. The van der Waals surface area contributed by atoms with Crippen molar-refractivity contribution in [1.29, 1.82) is 0 Å². The molecule has 0 unspecified atom stereocenters. The molecule has 0 fully saturated rings. The van der Waals surface area contributed by atoms with Crippen molar-refractivity contribution >= 4 is 35.2 Å². The van der Waals surface area contributed by atoms with E-state index in [1.807, 2.05) is 23.1 Å². The molecule has 1 aromatic rings. The molecule has 7 heteroatoms. The van der Waals surface area contributed by atoms with Gasteiger partial charge in [0.1, 0.15) is 0 Å². The molecule has 228 valence electrons. The number of hydrogen-bond donors (Lipinski definition) is 2. The molecule has 2 aliphatic heterocycles. The lowest BCUT2D eigenvalue weighted by Gasteiger charge is -2.18. The lowest BCUT2D eigenvalue weighted by Crippen LogP contribution is -2.24. The lowest BCUT2D eigenvalue weighted by molar-refractivity contribution is -0.122. The molecule has 41 heavy (non-hydrogen) atoms. The van der Waals surface area contributed by atoms with Crippen LogP contribution in [0.4, 0.5) is 0 Å². The number of benzene rings is 1. The van der Waals surface area contributed by atoms with Gasteiger partial charge >= 0.3 is 0 Å². The third-order valence-electron chi connectivity index (χ3n) is 8.11. The minimum absolute atomic E-state index is 0.116. The summed E-state index contributed by atoms with van der Waals surface area (Å²) in [6, 6.07) is 7.94. The molecule has 6 nitrogen and oxygen atoms in total. The number of amides is 3. The molecule has 2 N–H and O–H groups in total. The summed E-state index contributed by atoms with van der Waals surface area (Å²) in [6.07, 6.45) is 20.5. The third-order valence-corrected chi connectivity index (χ3v) is 9.03. The fourth-order valence-electron chi connectivity index (χ4n) is 5.66. The molecule has 2 heterocycles. The van der Waals surface area contributed by atoms with Crippen LogP contribution in [0.5, 0.6) is 0 Å². The van der Waals surface area contributed by atoms with E-state index in [0.717, 1.165) is 87.0 Å². The van der Waals surface area contributed by atoms with Crippen LogP contribution in [0.15, 0.2) is 29.7 Å². The topological polar surface area (TPSA) is 78.5 Å². The van der Waals surface area contributed by atoms with E-state index in [1.165, 1.54) is 57.8 Å². The van der Waals surface area contributed by atoms with Crippen molar-refractivity contribution < 1.29 is 14.4 Å². The number of carbonyl (C=O) groups is 3. The van der Waals surface area contributed by atoms with E-state index in [1.54, 1.807) is 11.8 Å². The summed E-state index contributed by atoms with van der Waals surface area (Å²) in [5.41, 5.74) is 2.87. The Morgan fingerprint density at radius 3 is 1.66 bits per heavy atom. The molecule has 0 saturated carbocycles. The fraction of sp³-hybridized carbons (Fsp3) is 0.676. The average molecular weight is 584 g/mol. The molecular formula is C34H53N3O3S. The van der Waals surface area contributed by atoms with Crippen LogP contribution in [0.1, 0.15) is 138 Å². The molecule has 0 aromatic heterocycles. The van der Waals surface area contributed by atoms with Gasteiger partial charge in [-0.2, -0.15) is 0 Å². The minimum Gasteiger partial charge on any atom is -0.356 e. The standard InChI is InChI=1S/C34H53N3O3S/c38-32-22-13-10-6-2-4-8-12-18-26-37-31(29-20-15-16-21-30(29)34(37)40)28-41-27-19-25-36-33(39)23-14-9-5-1-3-7-11-17-24-35-32/h15-16,20-21,28H,1-14,17-19,22-27H2,(H,35,38)(H,36,39)/b31-28-. The fourth-order valence-corrected chi connectivity index (χ4v) is 6.50. The van der Waals surface area contributed by atoms with Crippen LogP contribution in [0.25, 0.3) is 5.70 Å². The van der Waals surface area contributed by atoms with Crippen molar-refractivity contribution in [2.45, 2.75) is 122 Å². The van der Waals surface area contributed by atoms with Gasteiger partial charge in [0.2, 0.25) is 11.8 Å². The van der Waals surface area contributed by atoms with Gasteiger partial charge in [0, 0.05) is 43.6 Å². The highest BCUT2D eigenvalue weighted by atomic mass is 32.2. The third kappa shape index (κ3) is 13.1. The average Bonchev–Trinajstić information content (AvgIpc) is 3.24. The first kappa shape index (κ1) is 33.2. The van der Waals surface area contributed by atoms with Crippen LogP contribution in [0.2, 0.25) is 0 Å². The Bertz CT molecular complexity index is 964. The summed E-state index contributed by atoms with van der Waals surface area (Å²) in [4.78, 5) is 39.4. The van der Waals surface area contributed by atoms with Gasteiger partial charge in [-0.25, -0.2) is 0 Å². The number of thioether (sulfide) groups is 1. The normalized spacial score (nSPS) is 22.7. The van der Waals surface area contributed by atoms with Gasteiger partial charge in [0.15, 0.2) is 0 Å². The molecule has 0 radical (unpaired) electrons. The van der Waals surface area contributed by atoms with Crippen molar-refractivity contribution in [3.05, 3.63) is 40.8 Å². The Balaban J connectivity index is 1.44. The summed E-state index contributed by atoms with van der Waals surface area (Å²) in [6.45, 7) is 2.26. The predicted octanol–water partition coefficient (Wildman–Crippen LogP) is 7.83. The second-order valence-corrected chi connectivity index (χ2v) is 12.6. The summed E-state index contributed by atoms with van der Waals surface area (Å²) >= 11 is 1.73. The van der Waals surface area contributed by atoms with Gasteiger partial charge in [-0.15, -0.1) is 11.8 Å². The molecule has 3 rings (SSSR count). The Hall–Kier alpha value is -2.28. The van der Waals surface area contributed by atoms with Crippen molar-refractivity contribution in [2.75, 3.05) is 25.4 Å². The quantitative estimate of drug-likeness (QED) is 0.326. The smallest absolute Gasteiger partial charge is 0.258 e. The predicted molar refractivity (Wildman–Crippen MR) is 172 cm³/mol. The summed E-state index contributed by atoms with van der Waals surface area (Å²) in [5.74, 6) is 1.39. The van der Waals surface area contributed by atoms with Crippen LogP contribution in [-0.4, -0.2) is 48.0 Å². The molecule has 0 aliphatic carbocycles. The van der Waals surface area contributed by atoms with Crippen molar-refractivity contribution in [3.63, 3.8) is 0 Å². The zero-order valence-electron chi connectivity index (χ0n) is 25.2. The maximum absolute atomic E-state index is 13.1. The lowest BCUT2D eigenvalue weighted by atomic mass is 10.1. The van der Waals surface area contributed by atoms with Crippen molar-refractivity contribution in [3.8, 4) is 0 Å². The summed E-state index contributed by atoms with van der Waals surface area (Å²) < 4.78 is 0. The molecule has 0 saturated heterocycles. The monoisotopic (exact) mass is 583 g/mol. The highest BCUT2D eigenvalue weighted by Gasteiger charge is 2.31. The SMILES string of the molecule is O=C1CCCCCCCCCCN2C(=O)c3ccccc3/C2=C/SCCCNC(=O)CCCCCCCCCCN1. The Labute approximate surface area is 252 Å². The largest absolute Gasteiger partial charge is 0.356 e. The molecule has 0 atom stereocenters. The zero-order valence-corrected chi connectivity index (χ0v) is 26.0. The second kappa shape index (κ2) is 20.6. The van der Waals surface area contributed by atoms with Crippen LogP contribution in [-0.2, 0) is 9.59 Å². The number of fused-ring (bicyclic) bond motifs is 3. The van der Waals surface area contributed by atoms with E-state index in [4.69, 9.17) is 0 Å². The molecule has 1 aromatic carbocycles. The Morgan fingerprint density at radius 2 is 1.05 bits per heavy atom. The van der Waals surface area contributed by atoms with Crippen LogP contribution < -0.4 is 10.6 Å². The van der Waals surface area contributed by atoms with Crippen LogP contribution in [0.3, 0.4) is 0 Å². The van der Waals surface area contributed by atoms with Gasteiger partial charge in [-0.05, 0) is 49.3 Å². The number of nitrogens with zero attached hydrogens (tertiary/aromatic N) is 1. The first-order chi connectivity index (χ1) is 20.2. The number of carbonyl (C=O) groups excluding carboxylic acids is 3. The van der Waals surface area contributed by atoms with Crippen molar-refractivity contribution in [2.24, 2.45) is 0 Å². The van der Waals surface area contributed by atoms with E-state index in [0.29, 0.717) is 19.4 Å². The molecule has 0 spiro atoms. The Morgan fingerprint density at radius 1 is 0.561 bits per heavy atom. The van der Waals surface area contributed by atoms with Crippen LogP contribution >= 0.6 is 11.8 Å². The van der Waals surface area contributed by atoms with E-state index in [9.17, 15) is 14.4 Å². The van der Waals surface area contributed by atoms with E-state index >= 15 is 0 Å². The first-order valence-electron chi connectivity index (χ1n) is 16.4. The van der Waals surface area contributed by atoms with E-state index < -0.39 is 0 Å². The van der Waals surface area contributed by atoms with E-state index in [2.05, 4.69) is 22.1 Å². The highest BCUT2D eigenvalue weighted by Crippen LogP contribution is 2.34. The summed E-state index contributed by atoms with van der Waals surface area (Å²) in [5, 5.41) is 8.30. The number of rotatable bonds is 0. The maximum atomic E-state index is 13.1. The molecule has 3 amide bonds. The molecule has 0 bridgehead atoms. The minimum atomic E-state index is 0.116. The zero-order chi connectivity index (χ0) is 29.0. The second-order valence-electron chi connectivity index (χ2n) is 11.6. The van der Waals surface area contributed by atoms with Gasteiger partial charge in [-0.1, -0.05) is 95.2 Å². The maximum Gasteiger partial charge on any atom is 0.258 e. The Kier molecular flexibility index (Phi) is 16.7. The summed E-state index contributed by atoms with van der Waals surface area (Å²) in [7, 11) is 0. The van der Waals surface area contributed by atoms with E-state index in [-0.39, 0.29) is 17.7 Å². The van der Waals surface area contributed by atoms with Gasteiger partial charge in [0.05, 0.1) is 5.70 Å². The number of hydrogen-bond acceptors (Lipinski definition) is 4. The first-order valence-corrected chi connectivity index (χ1v) is 17.5. The highest BCUT2D eigenvalue weighted by molar-refractivity contribution is 8.02. The van der Waals surface area contributed by atoms with Crippen LogP contribution in [0, 0.1) is 0 Å². The molecule has 2 aliphatic rings.